The van der Waals surface area contributed by atoms with E-state index in [0.717, 1.165) is 39.1 Å². The van der Waals surface area contributed by atoms with Gasteiger partial charge in [-0.05, 0) is 61.6 Å². The lowest BCUT2D eigenvalue weighted by Crippen LogP contribution is -2.49. The van der Waals surface area contributed by atoms with Crippen molar-refractivity contribution in [3.05, 3.63) is 41.0 Å². The van der Waals surface area contributed by atoms with Gasteiger partial charge in [0.2, 0.25) is 0 Å². The van der Waals surface area contributed by atoms with Crippen molar-refractivity contribution >= 4 is 11.7 Å². The maximum absolute atomic E-state index is 12.9. The Bertz CT molecular complexity index is 885. The fourth-order valence-corrected chi connectivity index (χ4v) is 6.77. The number of carbonyl (C=O) groups is 1. The first kappa shape index (κ1) is 21.1. The first-order chi connectivity index (χ1) is 14.8. The van der Waals surface area contributed by atoms with E-state index in [1.165, 1.54) is 36.1 Å². The third kappa shape index (κ3) is 3.82. The van der Waals surface area contributed by atoms with Crippen LogP contribution in [0.5, 0.6) is 0 Å². The molecule has 1 unspecified atom stereocenters. The van der Waals surface area contributed by atoms with Crippen molar-refractivity contribution in [3.8, 4) is 0 Å². The van der Waals surface area contributed by atoms with E-state index in [2.05, 4.69) is 61.8 Å². The number of anilines is 1. The Morgan fingerprint density at radius 2 is 1.94 bits per heavy atom. The molecule has 168 valence electrons. The Hall–Kier alpha value is -1.81. The molecule has 2 heterocycles. The Morgan fingerprint density at radius 3 is 2.71 bits per heavy atom. The molecule has 31 heavy (non-hydrogen) atoms. The van der Waals surface area contributed by atoms with E-state index >= 15 is 0 Å². The first-order valence-electron chi connectivity index (χ1n) is 12.3. The zero-order chi connectivity index (χ0) is 21.8. The quantitative estimate of drug-likeness (QED) is 0.520. The summed E-state index contributed by atoms with van der Waals surface area (Å²) in [7, 11) is 0. The van der Waals surface area contributed by atoms with Crippen LogP contribution in [-0.4, -0.2) is 49.7 Å². The minimum Gasteiger partial charge on any atom is -0.461 e. The van der Waals surface area contributed by atoms with Gasteiger partial charge in [-0.2, -0.15) is 0 Å². The summed E-state index contributed by atoms with van der Waals surface area (Å²) in [5.74, 6) is 0.965. The van der Waals surface area contributed by atoms with Crippen LogP contribution >= 0.6 is 0 Å². The molecule has 5 atom stereocenters. The van der Waals surface area contributed by atoms with Gasteiger partial charge in [0.25, 0.3) is 0 Å². The van der Waals surface area contributed by atoms with Gasteiger partial charge in [-0.25, -0.2) is 0 Å². The van der Waals surface area contributed by atoms with Crippen LogP contribution in [0, 0.1) is 37.0 Å². The molecule has 1 saturated carbocycles. The SMILES string of the molecule is Cc1ccc(C)c(N2CCN(CC3C(=O)O[C@@H]4C[C@@]5(C)CCC[C@H](C)C5=C[C@H]34)CC2)c1. The van der Waals surface area contributed by atoms with Crippen molar-refractivity contribution in [1.29, 1.82) is 0 Å². The second-order valence-corrected chi connectivity index (χ2v) is 10.9. The van der Waals surface area contributed by atoms with Crippen LogP contribution in [-0.2, 0) is 9.53 Å². The summed E-state index contributed by atoms with van der Waals surface area (Å²) in [5.41, 5.74) is 5.88. The Balaban J connectivity index is 1.27. The molecule has 2 aliphatic heterocycles. The monoisotopic (exact) mass is 422 g/mol. The lowest BCUT2D eigenvalue weighted by atomic mass is 9.59. The zero-order valence-corrected chi connectivity index (χ0v) is 19.7. The highest BCUT2D eigenvalue weighted by Crippen LogP contribution is 2.54. The molecule has 5 rings (SSSR count). The third-order valence-corrected chi connectivity index (χ3v) is 8.61. The van der Waals surface area contributed by atoms with Crippen LogP contribution in [0.15, 0.2) is 29.8 Å². The van der Waals surface area contributed by atoms with E-state index in [1.807, 2.05) is 0 Å². The van der Waals surface area contributed by atoms with Crippen LogP contribution in [0.4, 0.5) is 5.69 Å². The minimum atomic E-state index is 0.00318. The maximum Gasteiger partial charge on any atom is 0.311 e. The molecule has 2 saturated heterocycles. The highest BCUT2D eigenvalue weighted by Gasteiger charge is 2.52. The van der Waals surface area contributed by atoms with Crippen LogP contribution in [0.25, 0.3) is 0 Å². The van der Waals surface area contributed by atoms with Gasteiger partial charge in [-0.15, -0.1) is 0 Å². The fraction of sp³-hybridized carbons (Fsp3) is 0.667. The van der Waals surface area contributed by atoms with Gasteiger partial charge in [0, 0.05) is 44.3 Å². The number of hydrogen-bond donors (Lipinski definition) is 0. The summed E-state index contributed by atoms with van der Waals surface area (Å²) in [6, 6.07) is 6.72. The molecule has 3 fully saturated rings. The molecule has 1 aromatic carbocycles. The number of allylic oxidation sites excluding steroid dienone is 1. The molecule has 1 aromatic rings. The number of aryl methyl sites for hydroxylation is 2. The summed E-state index contributed by atoms with van der Waals surface area (Å²) >= 11 is 0. The van der Waals surface area contributed by atoms with Crippen LogP contribution in [0.1, 0.15) is 50.7 Å². The summed E-state index contributed by atoms with van der Waals surface area (Å²) < 4.78 is 5.97. The lowest BCUT2D eigenvalue weighted by Gasteiger charge is -2.46. The number of ether oxygens (including phenoxy) is 1. The topological polar surface area (TPSA) is 32.8 Å². The Labute approximate surface area is 187 Å². The average Bonchev–Trinajstić information content (AvgIpc) is 3.02. The normalized spacial score (nSPS) is 35.9. The van der Waals surface area contributed by atoms with E-state index in [0.29, 0.717) is 5.92 Å². The van der Waals surface area contributed by atoms with Gasteiger partial charge in [-0.1, -0.05) is 44.1 Å². The van der Waals surface area contributed by atoms with E-state index in [9.17, 15) is 4.79 Å². The molecule has 0 spiro atoms. The molecule has 0 N–H and O–H groups in total. The molecule has 4 heteroatoms. The second-order valence-electron chi connectivity index (χ2n) is 10.9. The van der Waals surface area contributed by atoms with Gasteiger partial charge in [0.15, 0.2) is 0 Å². The summed E-state index contributed by atoms with van der Waals surface area (Å²) in [6.07, 6.45) is 7.44. The van der Waals surface area contributed by atoms with Crippen molar-refractivity contribution in [2.24, 2.45) is 23.2 Å². The van der Waals surface area contributed by atoms with E-state index < -0.39 is 0 Å². The fourth-order valence-electron chi connectivity index (χ4n) is 6.77. The van der Waals surface area contributed by atoms with Gasteiger partial charge in [-0.3, -0.25) is 9.69 Å². The van der Waals surface area contributed by atoms with Crippen molar-refractivity contribution < 1.29 is 9.53 Å². The lowest BCUT2D eigenvalue weighted by molar-refractivity contribution is -0.145. The molecule has 0 aromatic heterocycles. The molecule has 4 nitrogen and oxygen atoms in total. The summed E-state index contributed by atoms with van der Waals surface area (Å²) in [6.45, 7) is 14.1. The minimum absolute atomic E-state index is 0.00318. The number of piperazine rings is 1. The Kier molecular flexibility index (Phi) is 5.40. The molecule has 0 bridgehead atoms. The van der Waals surface area contributed by atoms with E-state index in [-0.39, 0.29) is 29.3 Å². The molecular weight excluding hydrogens is 384 g/mol. The number of benzene rings is 1. The maximum atomic E-state index is 12.9. The third-order valence-electron chi connectivity index (χ3n) is 8.61. The summed E-state index contributed by atoms with van der Waals surface area (Å²) in [5, 5.41) is 0. The van der Waals surface area contributed by atoms with E-state index in [4.69, 9.17) is 4.74 Å². The highest BCUT2D eigenvalue weighted by molar-refractivity contribution is 5.76. The zero-order valence-electron chi connectivity index (χ0n) is 19.7. The number of rotatable bonds is 3. The number of nitrogens with zero attached hydrogens (tertiary/aromatic N) is 2. The van der Waals surface area contributed by atoms with E-state index in [1.54, 1.807) is 5.57 Å². The van der Waals surface area contributed by atoms with Gasteiger partial charge < -0.3 is 9.64 Å². The molecular formula is C27H38N2O2. The van der Waals surface area contributed by atoms with Crippen molar-refractivity contribution in [3.63, 3.8) is 0 Å². The predicted molar refractivity (Wildman–Crippen MR) is 125 cm³/mol. The molecule has 4 aliphatic rings. The number of hydrogen-bond acceptors (Lipinski definition) is 4. The van der Waals surface area contributed by atoms with Gasteiger partial charge in [0.05, 0.1) is 5.92 Å². The largest absolute Gasteiger partial charge is 0.461 e. The average molecular weight is 423 g/mol. The summed E-state index contributed by atoms with van der Waals surface area (Å²) in [4.78, 5) is 17.9. The van der Waals surface area contributed by atoms with Crippen LogP contribution in [0.2, 0.25) is 0 Å². The molecule has 0 radical (unpaired) electrons. The number of esters is 1. The van der Waals surface area contributed by atoms with Crippen LogP contribution in [0.3, 0.4) is 0 Å². The number of fused-ring (bicyclic) bond motifs is 2. The van der Waals surface area contributed by atoms with Crippen molar-refractivity contribution in [2.75, 3.05) is 37.6 Å². The van der Waals surface area contributed by atoms with Crippen molar-refractivity contribution in [1.82, 2.24) is 4.90 Å². The standard InChI is InChI=1S/C27H38N2O2/c1-18-7-8-20(3)24(14-18)29-12-10-28(11-13-29)17-22-21-15-23-19(2)6-5-9-27(23,4)16-25(21)31-26(22)30/h7-8,14-15,19,21-22,25H,5-6,9-13,16-17H2,1-4H3/t19-,21+,22?,25+,27+/m0/s1. The Morgan fingerprint density at radius 1 is 1.16 bits per heavy atom. The molecule has 2 aliphatic carbocycles. The van der Waals surface area contributed by atoms with Gasteiger partial charge >= 0.3 is 5.97 Å². The number of carbonyl (C=O) groups excluding carboxylic acids is 1. The predicted octanol–water partition coefficient (Wildman–Crippen LogP) is 4.74. The molecule has 0 amide bonds. The second kappa shape index (κ2) is 7.95. The highest BCUT2D eigenvalue weighted by atomic mass is 16.6. The smallest absolute Gasteiger partial charge is 0.311 e. The van der Waals surface area contributed by atoms with Crippen LogP contribution < -0.4 is 4.90 Å². The first-order valence-corrected chi connectivity index (χ1v) is 12.3. The van der Waals surface area contributed by atoms with Crippen molar-refractivity contribution in [2.45, 2.75) is 59.5 Å². The van der Waals surface area contributed by atoms with Gasteiger partial charge in [0.1, 0.15) is 6.10 Å².